The number of carbonyl (C=O) groups is 2. The van der Waals surface area contributed by atoms with Crippen LogP contribution in [0.4, 0.5) is 16.2 Å². The first-order valence-electron chi connectivity index (χ1n) is 13.9. The molecule has 0 bridgehead atoms. The highest BCUT2D eigenvalue weighted by atomic mass is 35.5. The quantitative estimate of drug-likeness (QED) is 0.330. The van der Waals surface area contributed by atoms with Crippen molar-refractivity contribution in [2.45, 2.75) is 30.9 Å². The van der Waals surface area contributed by atoms with Gasteiger partial charge in [-0.25, -0.2) is 13.2 Å². The van der Waals surface area contributed by atoms with Gasteiger partial charge in [0.15, 0.2) is 17.2 Å². The molecule has 234 valence electrons. The Labute approximate surface area is 260 Å². The fourth-order valence-electron chi connectivity index (χ4n) is 4.96. The maximum atomic E-state index is 13.7. The summed E-state index contributed by atoms with van der Waals surface area (Å²) in [7, 11) is -2.47. The van der Waals surface area contributed by atoms with Gasteiger partial charge >= 0.3 is 6.03 Å². The Morgan fingerprint density at radius 1 is 1.11 bits per heavy atom. The summed E-state index contributed by atoms with van der Waals surface area (Å²) in [6, 6.07) is 14.4. The van der Waals surface area contributed by atoms with Crippen molar-refractivity contribution in [1.82, 2.24) is 9.21 Å². The predicted molar refractivity (Wildman–Crippen MR) is 164 cm³/mol. The molecule has 0 saturated carbocycles. The number of halogens is 1. The van der Waals surface area contributed by atoms with Gasteiger partial charge in [-0.1, -0.05) is 24.6 Å². The van der Waals surface area contributed by atoms with E-state index < -0.39 is 34.1 Å². The third-order valence-electron chi connectivity index (χ3n) is 7.53. The summed E-state index contributed by atoms with van der Waals surface area (Å²) in [6.07, 6.45) is -0.748. The van der Waals surface area contributed by atoms with E-state index >= 15 is 0 Å². The Balaban J connectivity index is 1.45. The number of hydrogen-bond donors (Lipinski definition) is 3. The standard InChI is InChI=1S/C30H33ClN4O8S/c1-18-14-35(19(2)16-36)29(37)23-5-4-6-24(33-30(38)32-21-9-12-25-26(13-21)42-17-41-25)28(23)43-27(18)15-34(3)44(39,40)22-10-7-20(31)8-11-22/h4-13,18-19,27,36H,14-17H2,1-3H3,(H2,32,33,38)/t18-,19+,27-/m1/s1. The Kier molecular flexibility index (Phi) is 9.20. The molecule has 2 aliphatic rings. The number of benzene rings is 3. The molecule has 3 amide bonds. The van der Waals surface area contributed by atoms with E-state index in [4.69, 9.17) is 25.8 Å². The second-order valence-electron chi connectivity index (χ2n) is 10.7. The van der Waals surface area contributed by atoms with E-state index in [1.165, 1.54) is 40.5 Å². The van der Waals surface area contributed by atoms with Gasteiger partial charge in [0.25, 0.3) is 5.91 Å². The van der Waals surface area contributed by atoms with Crippen molar-refractivity contribution < 1.29 is 37.3 Å². The molecule has 3 atom stereocenters. The van der Waals surface area contributed by atoms with Crippen molar-refractivity contribution in [3.05, 3.63) is 71.2 Å². The second-order valence-corrected chi connectivity index (χ2v) is 13.2. The van der Waals surface area contributed by atoms with Crippen LogP contribution in [0.1, 0.15) is 24.2 Å². The van der Waals surface area contributed by atoms with E-state index in [1.54, 1.807) is 43.3 Å². The summed E-state index contributed by atoms with van der Waals surface area (Å²) in [5.41, 5.74) is 0.810. The van der Waals surface area contributed by atoms with Crippen LogP contribution in [-0.4, -0.2) is 80.4 Å². The van der Waals surface area contributed by atoms with Gasteiger partial charge in [-0.05, 0) is 55.5 Å². The Bertz CT molecular complexity index is 1650. The van der Waals surface area contributed by atoms with E-state index in [2.05, 4.69) is 10.6 Å². The lowest BCUT2D eigenvalue weighted by atomic mass is 9.99. The van der Waals surface area contributed by atoms with Crippen LogP contribution in [0.25, 0.3) is 0 Å². The molecule has 3 aromatic rings. The van der Waals surface area contributed by atoms with Gasteiger partial charge in [-0.3, -0.25) is 4.79 Å². The molecule has 0 spiro atoms. The summed E-state index contributed by atoms with van der Waals surface area (Å²) < 4.78 is 45.1. The molecular weight excluding hydrogens is 612 g/mol. The zero-order valence-corrected chi connectivity index (χ0v) is 25.9. The number of anilines is 2. The molecule has 2 heterocycles. The number of fused-ring (bicyclic) bond motifs is 2. The number of carbonyl (C=O) groups excluding carboxylic acids is 2. The minimum Gasteiger partial charge on any atom is -0.486 e. The SMILES string of the molecule is C[C@@H]1CN([C@@H](C)CO)C(=O)c2cccc(NC(=O)Nc3ccc4c(c3)OCO4)c2O[C@@H]1CN(C)S(=O)(=O)c1ccc(Cl)cc1. The van der Waals surface area contributed by atoms with Crippen LogP contribution in [0.5, 0.6) is 17.2 Å². The average Bonchev–Trinajstić information content (AvgIpc) is 3.47. The monoisotopic (exact) mass is 644 g/mol. The highest BCUT2D eigenvalue weighted by Crippen LogP contribution is 2.37. The molecule has 44 heavy (non-hydrogen) atoms. The lowest BCUT2D eigenvalue weighted by Crippen LogP contribution is -2.50. The first kappa shape index (κ1) is 31.4. The van der Waals surface area contributed by atoms with Crippen LogP contribution in [-0.2, 0) is 10.0 Å². The molecule has 0 radical (unpaired) electrons. The van der Waals surface area contributed by atoms with Crippen molar-refractivity contribution >= 4 is 44.9 Å². The molecule has 3 aromatic carbocycles. The number of nitrogens with zero attached hydrogens (tertiary/aromatic N) is 2. The fraction of sp³-hybridized carbons (Fsp3) is 0.333. The zero-order chi connectivity index (χ0) is 31.6. The topological polar surface area (TPSA) is 147 Å². The van der Waals surface area contributed by atoms with Crippen molar-refractivity contribution in [3.63, 3.8) is 0 Å². The van der Waals surface area contributed by atoms with E-state index in [0.29, 0.717) is 22.2 Å². The first-order chi connectivity index (χ1) is 21.0. The van der Waals surface area contributed by atoms with Crippen LogP contribution in [0, 0.1) is 5.92 Å². The molecule has 0 aliphatic carbocycles. The van der Waals surface area contributed by atoms with Crippen LogP contribution < -0.4 is 24.8 Å². The van der Waals surface area contributed by atoms with Gasteiger partial charge in [0, 0.05) is 36.3 Å². The highest BCUT2D eigenvalue weighted by Gasteiger charge is 2.36. The van der Waals surface area contributed by atoms with Gasteiger partial charge in [-0.2, -0.15) is 4.31 Å². The third kappa shape index (κ3) is 6.55. The molecule has 0 unspecified atom stereocenters. The highest BCUT2D eigenvalue weighted by molar-refractivity contribution is 7.89. The summed E-state index contributed by atoms with van der Waals surface area (Å²) >= 11 is 5.96. The van der Waals surface area contributed by atoms with Crippen LogP contribution in [0.15, 0.2) is 65.6 Å². The van der Waals surface area contributed by atoms with Crippen molar-refractivity contribution in [1.29, 1.82) is 0 Å². The maximum Gasteiger partial charge on any atom is 0.323 e. The zero-order valence-electron chi connectivity index (χ0n) is 24.3. The molecule has 0 saturated heterocycles. The Morgan fingerprint density at radius 2 is 1.84 bits per heavy atom. The van der Waals surface area contributed by atoms with Gasteiger partial charge in [0.2, 0.25) is 16.8 Å². The van der Waals surface area contributed by atoms with Crippen LogP contribution >= 0.6 is 11.6 Å². The number of urea groups is 1. The Morgan fingerprint density at radius 3 is 2.57 bits per heavy atom. The number of amides is 3. The minimum absolute atomic E-state index is 0.0662. The number of ether oxygens (including phenoxy) is 3. The van der Waals surface area contributed by atoms with Gasteiger partial charge in [0.1, 0.15) is 6.10 Å². The number of hydrogen-bond acceptors (Lipinski definition) is 8. The molecule has 14 heteroatoms. The molecule has 0 fully saturated rings. The normalized spacial score (nSPS) is 18.6. The number of rotatable bonds is 8. The molecular formula is C30H33ClN4O8S. The van der Waals surface area contributed by atoms with Crippen LogP contribution in [0.3, 0.4) is 0 Å². The smallest absolute Gasteiger partial charge is 0.323 e. The number of aliphatic hydroxyl groups is 1. The fourth-order valence-corrected chi connectivity index (χ4v) is 6.27. The second kappa shape index (κ2) is 12.9. The maximum absolute atomic E-state index is 13.7. The van der Waals surface area contributed by atoms with Crippen molar-refractivity contribution in [2.24, 2.45) is 5.92 Å². The van der Waals surface area contributed by atoms with Crippen molar-refractivity contribution in [2.75, 3.05) is 44.2 Å². The van der Waals surface area contributed by atoms with Crippen LogP contribution in [0.2, 0.25) is 5.02 Å². The number of para-hydroxylation sites is 1. The van der Waals surface area contributed by atoms with Gasteiger partial charge in [0.05, 0.1) is 35.3 Å². The minimum atomic E-state index is -3.92. The number of likely N-dealkylation sites (N-methyl/N-ethyl adjacent to an activating group) is 1. The van der Waals surface area contributed by atoms with E-state index in [1.807, 2.05) is 6.92 Å². The largest absolute Gasteiger partial charge is 0.486 e. The lowest BCUT2D eigenvalue weighted by Gasteiger charge is -2.38. The third-order valence-corrected chi connectivity index (χ3v) is 9.62. The summed E-state index contributed by atoms with van der Waals surface area (Å²) in [4.78, 5) is 28.4. The van der Waals surface area contributed by atoms with Crippen molar-refractivity contribution in [3.8, 4) is 17.2 Å². The molecule has 12 nitrogen and oxygen atoms in total. The van der Waals surface area contributed by atoms with Gasteiger partial charge in [-0.15, -0.1) is 0 Å². The summed E-state index contributed by atoms with van der Waals surface area (Å²) in [5.74, 6) is 0.377. The number of aliphatic hydroxyl groups excluding tert-OH is 1. The van der Waals surface area contributed by atoms with E-state index in [9.17, 15) is 23.1 Å². The first-order valence-corrected chi connectivity index (χ1v) is 15.7. The van der Waals surface area contributed by atoms with Gasteiger partial charge < -0.3 is 34.9 Å². The molecule has 3 N–H and O–H groups in total. The molecule has 2 aliphatic heterocycles. The van der Waals surface area contributed by atoms with E-state index in [0.717, 1.165) is 0 Å². The summed E-state index contributed by atoms with van der Waals surface area (Å²) in [5, 5.41) is 15.8. The Hall–Kier alpha value is -4.04. The number of nitrogens with one attached hydrogen (secondary N) is 2. The summed E-state index contributed by atoms with van der Waals surface area (Å²) in [6.45, 7) is 3.50. The molecule has 5 rings (SSSR count). The molecule has 0 aromatic heterocycles. The number of sulfonamides is 1. The lowest BCUT2D eigenvalue weighted by molar-refractivity contribution is 0.0389. The average molecular weight is 645 g/mol. The predicted octanol–water partition coefficient (Wildman–Crippen LogP) is 4.25. The van der Waals surface area contributed by atoms with E-state index in [-0.39, 0.29) is 54.3 Å².